The number of anilines is 1. The molecule has 0 radical (unpaired) electrons. The van der Waals surface area contributed by atoms with Crippen LogP contribution in [0.2, 0.25) is 0 Å². The molecule has 144 valence electrons. The predicted molar refractivity (Wildman–Crippen MR) is 113 cm³/mol. The zero-order valence-corrected chi connectivity index (χ0v) is 17.3. The molecule has 7 heteroatoms. The van der Waals surface area contributed by atoms with Gasteiger partial charge in [-0.2, -0.15) is 0 Å². The van der Waals surface area contributed by atoms with Crippen molar-refractivity contribution in [2.75, 3.05) is 31.7 Å². The molecule has 2 aromatic rings. The Labute approximate surface area is 172 Å². The lowest BCUT2D eigenvalue weighted by Gasteiger charge is -2.09. The van der Waals surface area contributed by atoms with E-state index in [0.717, 1.165) is 9.99 Å². The van der Waals surface area contributed by atoms with Crippen LogP contribution in [0.4, 0.5) is 5.69 Å². The van der Waals surface area contributed by atoms with E-state index in [-0.39, 0.29) is 18.4 Å². The molecule has 2 amide bonds. The minimum absolute atomic E-state index is 0.103. The van der Waals surface area contributed by atoms with Crippen molar-refractivity contribution in [1.29, 1.82) is 0 Å². The fourth-order valence-electron chi connectivity index (χ4n) is 2.24. The van der Waals surface area contributed by atoms with Crippen LogP contribution in [-0.4, -0.2) is 38.2 Å². The predicted octanol–water partition coefficient (Wildman–Crippen LogP) is 3.47. The van der Waals surface area contributed by atoms with Crippen LogP contribution in [0, 0.1) is 3.57 Å². The van der Waals surface area contributed by atoms with Gasteiger partial charge in [0.2, 0.25) is 0 Å². The summed E-state index contributed by atoms with van der Waals surface area (Å²) in [6.45, 7) is 3.66. The third-order valence-corrected chi connectivity index (χ3v) is 4.27. The Balaban J connectivity index is 1.80. The van der Waals surface area contributed by atoms with E-state index < -0.39 is 0 Å². The van der Waals surface area contributed by atoms with Gasteiger partial charge in [0.05, 0.1) is 0 Å². The molecule has 0 bridgehead atoms. The van der Waals surface area contributed by atoms with E-state index in [1.165, 1.54) is 0 Å². The van der Waals surface area contributed by atoms with E-state index >= 15 is 0 Å². The molecular weight excluding hydrogens is 459 g/mol. The first-order chi connectivity index (χ1) is 13.1. The molecule has 0 atom stereocenters. The smallest absolute Gasteiger partial charge is 0.262 e. The van der Waals surface area contributed by atoms with Gasteiger partial charge in [0.15, 0.2) is 6.61 Å². The van der Waals surface area contributed by atoms with Gasteiger partial charge in [0.1, 0.15) is 5.75 Å². The third kappa shape index (κ3) is 7.96. The average molecular weight is 482 g/mol. The Hall–Kier alpha value is -2.13. The largest absolute Gasteiger partial charge is 0.484 e. The molecule has 0 aliphatic heterocycles. The summed E-state index contributed by atoms with van der Waals surface area (Å²) in [5, 5.41) is 5.57. The fourth-order valence-corrected chi connectivity index (χ4v) is 2.60. The number of halogens is 1. The maximum Gasteiger partial charge on any atom is 0.262 e. The van der Waals surface area contributed by atoms with E-state index in [1.807, 2.05) is 31.2 Å². The normalized spacial score (nSPS) is 10.3. The Morgan fingerprint density at radius 2 is 1.89 bits per heavy atom. The second kappa shape index (κ2) is 11.6. The number of amides is 2. The van der Waals surface area contributed by atoms with Crippen LogP contribution in [0.3, 0.4) is 0 Å². The first-order valence-electron chi connectivity index (χ1n) is 8.72. The second-order valence-electron chi connectivity index (χ2n) is 5.68. The summed E-state index contributed by atoms with van der Waals surface area (Å²) in [5.74, 6) is 0.159. The molecular formula is C20H23IN2O4. The maximum atomic E-state index is 12.2. The molecule has 0 spiro atoms. The molecule has 0 heterocycles. The van der Waals surface area contributed by atoms with Crippen molar-refractivity contribution in [3.05, 3.63) is 57.7 Å². The number of hydrogen-bond acceptors (Lipinski definition) is 4. The molecule has 0 aliphatic rings. The highest BCUT2D eigenvalue weighted by atomic mass is 127. The van der Waals surface area contributed by atoms with Gasteiger partial charge in [0.25, 0.3) is 11.8 Å². The number of carbonyl (C=O) groups is 2. The molecule has 6 nitrogen and oxygen atoms in total. The molecule has 2 N–H and O–H groups in total. The summed E-state index contributed by atoms with van der Waals surface area (Å²) in [6, 6.07) is 14.2. The fraction of sp³-hybridized carbons (Fsp3) is 0.300. The Kier molecular flexibility index (Phi) is 9.06. The molecule has 0 saturated heterocycles. The van der Waals surface area contributed by atoms with Crippen molar-refractivity contribution in [2.24, 2.45) is 0 Å². The molecule has 0 saturated carbocycles. The van der Waals surface area contributed by atoms with Crippen molar-refractivity contribution in [2.45, 2.75) is 13.3 Å². The van der Waals surface area contributed by atoms with Gasteiger partial charge in [-0.25, -0.2) is 0 Å². The molecule has 0 aromatic heterocycles. The number of ether oxygens (including phenoxy) is 2. The zero-order valence-electron chi connectivity index (χ0n) is 15.2. The van der Waals surface area contributed by atoms with Gasteiger partial charge in [0, 0.05) is 34.6 Å². The highest BCUT2D eigenvalue weighted by Crippen LogP contribution is 2.14. The summed E-state index contributed by atoms with van der Waals surface area (Å²) in [4.78, 5) is 24.2. The molecule has 2 aromatic carbocycles. The van der Waals surface area contributed by atoms with E-state index in [1.54, 1.807) is 24.3 Å². The molecule has 0 unspecified atom stereocenters. The lowest BCUT2D eigenvalue weighted by atomic mass is 10.2. The van der Waals surface area contributed by atoms with Gasteiger partial charge >= 0.3 is 0 Å². The number of hydrogen-bond donors (Lipinski definition) is 2. The van der Waals surface area contributed by atoms with Crippen LogP contribution in [0.15, 0.2) is 48.5 Å². The highest BCUT2D eigenvalue weighted by molar-refractivity contribution is 14.1. The van der Waals surface area contributed by atoms with E-state index in [0.29, 0.717) is 36.8 Å². The first-order valence-corrected chi connectivity index (χ1v) is 9.80. The van der Waals surface area contributed by atoms with Crippen molar-refractivity contribution >= 4 is 40.1 Å². The monoisotopic (exact) mass is 482 g/mol. The average Bonchev–Trinajstić information content (AvgIpc) is 2.67. The summed E-state index contributed by atoms with van der Waals surface area (Å²) >= 11 is 2.20. The second-order valence-corrected chi connectivity index (χ2v) is 6.92. The van der Waals surface area contributed by atoms with E-state index in [2.05, 4.69) is 33.2 Å². The van der Waals surface area contributed by atoms with E-state index in [4.69, 9.17) is 9.47 Å². The summed E-state index contributed by atoms with van der Waals surface area (Å²) in [5.41, 5.74) is 1.04. The summed E-state index contributed by atoms with van der Waals surface area (Å²) in [7, 11) is 0. The standard InChI is InChI=1S/C20H23IN2O4/c1-2-26-12-4-11-22-20(25)15-5-3-6-17(13-15)23-19(24)14-27-18-9-7-16(21)8-10-18/h3,5-10,13H,2,4,11-12,14H2,1H3,(H,22,25)(H,23,24). The van der Waals surface area contributed by atoms with Gasteiger partial charge < -0.3 is 20.1 Å². The third-order valence-electron chi connectivity index (χ3n) is 3.55. The maximum absolute atomic E-state index is 12.2. The first kappa shape index (κ1) is 21.2. The van der Waals surface area contributed by atoms with Crippen molar-refractivity contribution in [3.8, 4) is 5.75 Å². The number of nitrogens with one attached hydrogen (secondary N) is 2. The van der Waals surface area contributed by atoms with Gasteiger partial charge in [-0.15, -0.1) is 0 Å². The SMILES string of the molecule is CCOCCCNC(=O)c1cccc(NC(=O)COc2ccc(I)cc2)c1. The van der Waals surface area contributed by atoms with Crippen LogP contribution in [0.1, 0.15) is 23.7 Å². The lowest BCUT2D eigenvalue weighted by Crippen LogP contribution is -2.25. The number of rotatable bonds is 10. The van der Waals surface area contributed by atoms with Crippen molar-refractivity contribution in [3.63, 3.8) is 0 Å². The van der Waals surface area contributed by atoms with Crippen molar-refractivity contribution < 1.29 is 19.1 Å². The Morgan fingerprint density at radius 1 is 1.11 bits per heavy atom. The number of carbonyl (C=O) groups excluding carboxylic acids is 2. The quantitative estimate of drug-likeness (QED) is 0.402. The molecule has 2 rings (SSSR count). The summed E-state index contributed by atoms with van der Waals surface area (Å²) < 4.78 is 11.8. The minimum atomic E-state index is -0.289. The van der Waals surface area contributed by atoms with Crippen LogP contribution in [-0.2, 0) is 9.53 Å². The van der Waals surface area contributed by atoms with E-state index in [9.17, 15) is 9.59 Å². The number of benzene rings is 2. The van der Waals surface area contributed by atoms with Crippen LogP contribution in [0.25, 0.3) is 0 Å². The van der Waals surface area contributed by atoms with Gasteiger partial charge in [-0.3, -0.25) is 9.59 Å². The Morgan fingerprint density at radius 3 is 2.63 bits per heavy atom. The lowest BCUT2D eigenvalue weighted by molar-refractivity contribution is -0.118. The van der Waals surface area contributed by atoms with Crippen molar-refractivity contribution in [1.82, 2.24) is 5.32 Å². The summed E-state index contributed by atoms with van der Waals surface area (Å²) in [6.07, 6.45) is 0.756. The topological polar surface area (TPSA) is 76.7 Å². The molecule has 27 heavy (non-hydrogen) atoms. The van der Waals surface area contributed by atoms with Gasteiger partial charge in [-0.05, 0) is 78.4 Å². The van der Waals surface area contributed by atoms with Crippen LogP contribution < -0.4 is 15.4 Å². The van der Waals surface area contributed by atoms with Gasteiger partial charge in [-0.1, -0.05) is 6.07 Å². The molecule has 0 fully saturated rings. The highest BCUT2D eigenvalue weighted by Gasteiger charge is 2.08. The van der Waals surface area contributed by atoms with Crippen LogP contribution >= 0.6 is 22.6 Å². The zero-order chi connectivity index (χ0) is 19.5. The Bertz CT molecular complexity index is 750. The minimum Gasteiger partial charge on any atom is -0.484 e. The molecule has 0 aliphatic carbocycles. The van der Waals surface area contributed by atoms with Crippen LogP contribution in [0.5, 0.6) is 5.75 Å².